The summed E-state index contributed by atoms with van der Waals surface area (Å²) in [6, 6.07) is 2.96. The molecule has 1 fully saturated rings. The predicted octanol–water partition coefficient (Wildman–Crippen LogP) is -0.418. The molecule has 0 aliphatic carbocycles. The summed E-state index contributed by atoms with van der Waals surface area (Å²) in [5.41, 5.74) is 6.04. The monoisotopic (exact) mass is 286 g/mol. The number of aromatic nitrogens is 3. The lowest BCUT2D eigenvalue weighted by atomic mass is 10.1. The zero-order chi connectivity index (χ0) is 14.4. The average molecular weight is 286 g/mol. The van der Waals surface area contributed by atoms with E-state index in [1.807, 2.05) is 0 Å². The normalized spacial score (nSPS) is 30.2. The maximum atomic E-state index is 14.0. The molecule has 3 rings (SSSR count). The van der Waals surface area contributed by atoms with E-state index in [4.69, 9.17) is 15.6 Å². The number of ether oxygens (including phenoxy) is 1. The van der Waals surface area contributed by atoms with Crippen molar-refractivity contribution in [2.75, 3.05) is 12.3 Å². The van der Waals surface area contributed by atoms with E-state index in [1.54, 1.807) is 0 Å². The molecule has 4 atom stereocenters. The molecule has 0 amide bonds. The Hall–Kier alpha value is -1.84. The number of aliphatic hydroxyl groups excluding tert-OH is 2. The van der Waals surface area contributed by atoms with E-state index in [0.29, 0.717) is 5.52 Å². The average Bonchev–Trinajstić information content (AvgIpc) is 2.93. The first kappa shape index (κ1) is 13.2. The second-order valence-corrected chi connectivity index (χ2v) is 4.53. The smallest absolute Gasteiger partial charge is 0.327 e. The Labute approximate surface area is 111 Å². The standard InChI is InChI=1S/C11H12F2N4O3/c12-7-8(19)6(3-18)20-9(7)4-1-2-5-10(14)15-11(13)16-17(4)5/h1-2,6-9,18-19H,3H2,(H2,14,15,16)/t6-,7-,8-,9+/m1/s1. The Bertz CT molecular complexity index is 650. The lowest BCUT2D eigenvalue weighted by Crippen LogP contribution is -2.30. The number of fused-ring (bicyclic) bond motifs is 1. The van der Waals surface area contributed by atoms with Crippen LogP contribution >= 0.6 is 0 Å². The molecule has 1 aliphatic heterocycles. The van der Waals surface area contributed by atoms with Gasteiger partial charge >= 0.3 is 6.08 Å². The molecule has 3 heterocycles. The number of hydrogen-bond donors (Lipinski definition) is 3. The number of anilines is 1. The third kappa shape index (κ3) is 1.82. The van der Waals surface area contributed by atoms with Crippen LogP contribution < -0.4 is 5.73 Å². The number of rotatable bonds is 2. The summed E-state index contributed by atoms with van der Waals surface area (Å²) in [5, 5.41) is 22.1. The van der Waals surface area contributed by atoms with Gasteiger partial charge in [-0.2, -0.15) is 9.37 Å². The van der Waals surface area contributed by atoms with Gasteiger partial charge in [-0.1, -0.05) is 0 Å². The van der Waals surface area contributed by atoms with Crippen LogP contribution in [0.1, 0.15) is 11.8 Å². The Morgan fingerprint density at radius 2 is 2.20 bits per heavy atom. The van der Waals surface area contributed by atoms with E-state index in [9.17, 15) is 13.9 Å². The third-order valence-corrected chi connectivity index (χ3v) is 3.33. The Morgan fingerprint density at radius 3 is 2.85 bits per heavy atom. The van der Waals surface area contributed by atoms with Crippen molar-refractivity contribution in [2.24, 2.45) is 0 Å². The fraction of sp³-hybridized carbons (Fsp3) is 0.455. The quantitative estimate of drug-likeness (QED) is 0.692. The number of nitrogens with two attached hydrogens (primary N) is 1. The molecule has 0 saturated carbocycles. The van der Waals surface area contributed by atoms with Crippen molar-refractivity contribution in [3.8, 4) is 0 Å². The molecule has 1 saturated heterocycles. The lowest BCUT2D eigenvalue weighted by Gasteiger charge is -2.12. The van der Waals surface area contributed by atoms with Gasteiger partial charge < -0.3 is 20.7 Å². The van der Waals surface area contributed by atoms with Crippen molar-refractivity contribution < 1.29 is 23.7 Å². The predicted molar refractivity (Wildman–Crippen MR) is 63.0 cm³/mol. The molecule has 2 aromatic rings. The molecule has 20 heavy (non-hydrogen) atoms. The van der Waals surface area contributed by atoms with Crippen LogP contribution in [0.2, 0.25) is 0 Å². The Balaban J connectivity index is 2.07. The first-order chi connectivity index (χ1) is 9.52. The SMILES string of the molecule is Nc1nc(F)nn2c([C@@H]3O[C@H](CO)[C@@H](O)[C@H]3F)ccc12. The van der Waals surface area contributed by atoms with E-state index in [1.165, 1.54) is 12.1 Å². The van der Waals surface area contributed by atoms with Crippen molar-refractivity contribution in [3.05, 3.63) is 23.9 Å². The van der Waals surface area contributed by atoms with Crippen LogP contribution in [0, 0.1) is 6.08 Å². The van der Waals surface area contributed by atoms with Crippen molar-refractivity contribution in [3.63, 3.8) is 0 Å². The fourth-order valence-electron chi connectivity index (χ4n) is 2.34. The summed E-state index contributed by atoms with van der Waals surface area (Å²) in [6.07, 6.45) is -6.48. The number of nitrogens with zero attached hydrogens (tertiary/aromatic N) is 3. The van der Waals surface area contributed by atoms with Gasteiger partial charge in [0.15, 0.2) is 12.0 Å². The number of nitrogen functional groups attached to an aromatic ring is 1. The van der Waals surface area contributed by atoms with Gasteiger partial charge in [-0.25, -0.2) is 8.91 Å². The van der Waals surface area contributed by atoms with E-state index in [0.717, 1.165) is 4.52 Å². The van der Waals surface area contributed by atoms with Gasteiger partial charge in [-0.05, 0) is 12.1 Å². The van der Waals surface area contributed by atoms with E-state index in [-0.39, 0.29) is 11.5 Å². The van der Waals surface area contributed by atoms with E-state index >= 15 is 0 Å². The van der Waals surface area contributed by atoms with Gasteiger partial charge in [0.25, 0.3) is 0 Å². The van der Waals surface area contributed by atoms with Crippen molar-refractivity contribution in [1.82, 2.24) is 14.6 Å². The zero-order valence-corrected chi connectivity index (χ0v) is 10.1. The fourth-order valence-corrected chi connectivity index (χ4v) is 2.34. The topological polar surface area (TPSA) is 106 Å². The molecular weight excluding hydrogens is 274 g/mol. The van der Waals surface area contributed by atoms with Gasteiger partial charge in [0, 0.05) is 0 Å². The number of hydrogen-bond acceptors (Lipinski definition) is 6. The number of alkyl halides is 1. The minimum absolute atomic E-state index is 0.0867. The second kappa shape index (κ2) is 4.62. The summed E-state index contributed by atoms with van der Waals surface area (Å²) in [7, 11) is 0. The van der Waals surface area contributed by atoms with Gasteiger partial charge in [-0.15, -0.1) is 5.10 Å². The first-order valence-electron chi connectivity index (χ1n) is 5.92. The minimum atomic E-state index is -1.76. The number of aliphatic hydroxyl groups is 2. The molecule has 1 aliphatic rings. The maximum Gasteiger partial charge on any atom is 0.327 e. The van der Waals surface area contributed by atoms with Crippen molar-refractivity contribution in [1.29, 1.82) is 0 Å². The van der Waals surface area contributed by atoms with E-state index < -0.39 is 37.2 Å². The summed E-state index contributed by atoms with van der Waals surface area (Å²) < 4.78 is 33.6. The van der Waals surface area contributed by atoms with Crippen molar-refractivity contribution in [2.45, 2.75) is 24.5 Å². The molecule has 0 radical (unpaired) electrons. The molecule has 9 heteroatoms. The van der Waals surface area contributed by atoms with Gasteiger partial charge in [0.05, 0.1) is 12.3 Å². The molecule has 108 valence electrons. The van der Waals surface area contributed by atoms with Gasteiger partial charge in [0.1, 0.15) is 23.8 Å². The molecule has 0 bridgehead atoms. The molecule has 4 N–H and O–H groups in total. The first-order valence-corrected chi connectivity index (χ1v) is 5.92. The molecule has 2 aromatic heterocycles. The highest BCUT2D eigenvalue weighted by atomic mass is 19.1. The van der Waals surface area contributed by atoms with Crippen LogP contribution in [0.25, 0.3) is 5.52 Å². The van der Waals surface area contributed by atoms with Crippen LogP contribution in [0.15, 0.2) is 12.1 Å². The second-order valence-electron chi connectivity index (χ2n) is 4.53. The van der Waals surface area contributed by atoms with Crippen LogP contribution in [-0.4, -0.2) is 49.8 Å². The highest BCUT2D eigenvalue weighted by Gasteiger charge is 2.45. The van der Waals surface area contributed by atoms with E-state index in [2.05, 4.69) is 10.1 Å². The highest BCUT2D eigenvalue weighted by Crippen LogP contribution is 2.36. The Kier molecular flexibility index (Phi) is 3.04. The highest BCUT2D eigenvalue weighted by molar-refractivity contribution is 5.65. The van der Waals surface area contributed by atoms with Gasteiger partial charge in [0.2, 0.25) is 0 Å². The third-order valence-electron chi connectivity index (χ3n) is 3.33. The molecule has 0 unspecified atom stereocenters. The van der Waals surface area contributed by atoms with Gasteiger partial charge in [-0.3, -0.25) is 0 Å². The lowest BCUT2D eigenvalue weighted by molar-refractivity contribution is -0.0241. The summed E-state index contributed by atoms with van der Waals surface area (Å²) in [6.45, 7) is -0.521. The van der Waals surface area contributed by atoms with Crippen LogP contribution in [0.5, 0.6) is 0 Å². The number of halogens is 2. The maximum absolute atomic E-state index is 14.0. The van der Waals surface area contributed by atoms with Crippen LogP contribution in [-0.2, 0) is 4.74 Å². The summed E-state index contributed by atoms with van der Waals surface area (Å²) in [4.78, 5) is 3.36. The largest absolute Gasteiger partial charge is 0.394 e. The molecule has 0 aromatic carbocycles. The molecule has 0 spiro atoms. The summed E-state index contributed by atoms with van der Waals surface area (Å²) in [5.74, 6) is -0.0867. The zero-order valence-electron chi connectivity index (χ0n) is 10.1. The van der Waals surface area contributed by atoms with Crippen LogP contribution in [0.4, 0.5) is 14.6 Å². The molecule has 7 nitrogen and oxygen atoms in total. The minimum Gasteiger partial charge on any atom is -0.394 e. The Morgan fingerprint density at radius 1 is 1.45 bits per heavy atom. The summed E-state index contributed by atoms with van der Waals surface area (Å²) >= 11 is 0. The molecular formula is C11H12F2N4O3. The van der Waals surface area contributed by atoms with Crippen LogP contribution in [0.3, 0.4) is 0 Å². The van der Waals surface area contributed by atoms with Crippen molar-refractivity contribution >= 4 is 11.3 Å².